The summed E-state index contributed by atoms with van der Waals surface area (Å²) in [5, 5.41) is 0. The highest BCUT2D eigenvalue weighted by Gasteiger charge is 2.29. The number of ketones is 1. The van der Waals surface area contributed by atoms with Crippen molar-refractivity contribution in [2.24, 2.45) is 5.92 Å². The van der Waals surface area contributed by atoms with Crippen LogP contribution in [0.2, 0.25) is 0 Å². The maximum atomic E-state index is 13.3. The van der Waals surface area contributed by atoms with Crippen LogP contribution in [0, 0.1) is 11.7 Å². The zero-order valence-electron chi connectivity index (χ0n) is 11.2. The van der Waals surface area contributed by atoms with Crippen LogP contribution in [0.3, 0.4) is 0 Å². The number of Topliss-reactive ketones (excluding diaryl/α,β-unsaturated/α-hetero) is 1. The molecule has 1 heterocycles. The summed E-state index contributed by atoms with van der Waals surface area (Å²) in [7, 11) is 0. The lowest BCUT2D eigenvalue weighted by Crippen LogP contribution is -2.34. The van der Waals surface area contributed by atoms with Gasteiger partial charge >= 0.3 is 0 Å². The molecule has 1 unspecified atom stereocenters. The lowest BCUT2D eigenvalue weighted by atomic mass is 10.00. The molecule has 1 aliphatic heterocycles. The molecule has 0 saturated carbocycles. The second-order valence-electron chi connectivity index (χ2n) is 5.36. The number of carbonyl (C=O) groups excluding carboxylic acids is 1. The van der Waals surface area contributed by atoms with E-state index in [0.717, 1.165) is 25.1 Å². The maximum absolute atomic E-state index is 13.3. The van der Waals surface area contributed by atoms with E-state index in [1.165, 1.54) is 19.1 Å². The third-order valence-corrected chi connectivity index (χ3v) is 3.72. The third-order valence-electron chi connectivity index (χ3n) is 3.72. The Labute approximate surface area is 108 Å². The molecule has 2 rings (SSSR count). The molecule has 1 aromatic carbocycles. The maximum Gasteiger partial charge on any atom is 0.161 e. The minimum atomic E-state index is -0.343. The van der Waals surface area contributed by atoms with Crippen LogP contribution in [0.15, 0.2) is 18.2 Å². The Balaban J connectivity index is 2.41. The van der Waals surface area contributed by atoms with Gasteiger partial charge in [0.1, 0.15) is 5.82 Å². The van der Waals surface area contributed by atoms with Gasteiger partial charge in [-0.15, -0.1) is 0 Å². The van der Waals surface area contributed by atoms with E-state index < -0.39 is 0 Å². The van der Waals surface area contributed by atoms with Gasteiger partial charge in [0.05, 0.1) is 0 Å². The van der Waals surface area contributed by atoms with Crippen LogP contribution < -0.4 is 4.90 Å². The number of anilines is 1. The minimum absolute atomic E-state index is 0.0705. The van der Waals surface area contributed by atoms with Gasteiger partial charge in [-0.3, -0.25) is 4.79 Å². The first-order valence-electron chi connectivity index (χ1n) is 6.58. The largest absolute Gasteiger partial charge is 0.368 e. The molecule has 2 nitrogen and oxygen atoms in total. The van der Waals surface area contributed by atoms with Gasteiger partial charge in [-0.25, -0.2) is 4.39 Å². The summed E-state index contributed by atoms with van der Waals surface area (Å²) in [6.45, 7) is 6.84. The molecule has 98 valence electrons. The Morgan fingerprint density at radius 1 is 1.44 bits per heavy atom. The van der Waals surface area contributed by atoms with Crippen molar-refractivity contribution >= 4 is 11.5 Å². The van der Waals surface area contributed by atoms with Crippen molar-refractivity contribution in [1.29, 1.82) is 0 Å². The third kappa shape index (κ3) is 2.40. The average Bonchev–Trinajstić information content (AvgIpc) is 2.77. The molecule has 0 aromatic heterocycles. The minimum Gasteiger partial charge on any atom is -0.368 e. The molecule has 1 aromatic rings. The van der Waals surface area contributed by atoms with E-state index in [0.29, 0.717) is 17.5 Å². The predicted molar refractivity (Wildman–Crippen MR) is 71.6 cm³/mol. The van der Waals surface area contributed by atoms with Crippen molar-refractivity contribution in [3.8, 4) is 0 Å². The summed E-state index contributed by atoms with van der Waals surface area (Å²) in [6.07, 6.45) is 2.28. The van der Waals surface area contributed by atoms with Crippen molar-refractivity contribution in [2.45, 2.75) is 39.7 Å². The molecule has 0 spiro atoms. The number of benzene rings is 1. The predicted octanol–water partition coefficient (Wildman–Crippen LogP) is 3.65. The normalized spacial score (nSPS) is 19.6. The zero-order chi connectivity index (χ0) is 13.3. The van der Waals surface area contributed by atoms with E-state index in [1.54, 1.807) is 6.07 Å². The number of halogens is 1. The van der Waals surface area contributed by atoms with Gasteiger partial charge in [0.25, 0.3) is 0 Å². The van der Waals surface area contributed by atoms with E-state index >= 15 is 0 Å². The average molecular weight is 249 g/mol. The van der Waals surface area contributed by atoms with Crippen LogP contribution in [0.4, 0.5) is 10.1 Å². The van der Waals surface area contributed by atoms with E-state index in [9.17, 15) is 9.18 Å². The second kappa shape index (κ2) is 5.09. The smallest absolute Gasteiger partial charge is 0.161 e. The van der Waals surface area contributed by atoms with Crippen molar-refractivity contribution < 1.29 is 9.18 Å². The first kappa shape index (κ1) is 13.1. The number of hydrogen-bond acceptors (Lipinski definition) is 2. The molecule has 0 radical (unpaired) electrons. The van der Waals surface area contributed by atoms with Crippen molar-refractivity contribution in [2.75, 3.05) is 11.4 Å². The summed E-state index contributed by atoms with van der Waals surface area (Å²) in [6, 6.07) is 4.99. The monoisotopic (exact) mass is 249 g/mol. The van der Waals surface area contributed by atoms with Gasteiger partial charge < -0.3 is 4.90 Å². The standard InChI is InChI=1S/C15H20FNO/c1-10(2)14-5-4-8-17(14)15-7-6-12(16)9-13(15)11(3)18/h6-7,9-10,14H,4-5,8H2,1-3H3. The first-order chi connectivity index (χ1) is 8.50. The van der Waals surface area contributed by atoms with Crippen molar-refractivity contribution in [3.63, 3.8) is 0 Å². The Morgan fingerprint density at radius 3 is 2.78 bits per heavy atom. The topological polar surface area (TPSA) is 20.3 Å². The molecule has 0 N–H and O–H groups in total. The molecule has 3 heteroatoms. The second-order valence-corrected chi connectivity index (χ2v) is 5.36. The number of hydrogen-bond donors (Lipinski definition) is 0. The summed E-state index contributed by atoms with van der Waals surface area (Å²) in [5.74, 6) is 0.125. The molecular formula is C15H20FNO. The molecule has 1 atom stereocenters. The molecular weight excluding hydrogens is 229 g/mol. The quantitative estimate of drug-likeness (QED) is 0.762. The fourth-order valence-corrected chi connectivity index (χ4v) is 2.83. The van der Waals surface area contributed by atoms with E-state index in [4.69, 9.17) is 0 Å². The van der Waals surface area contributed by atoms with Crippen LogP contribution >= 0.6 is 0 Å². The molecule has 0 bridgehead atoms. The number of carbonyl (C=O) groups is 1. The summed E-state index contributed by atoms with van der Waals surface area (Å²) in [4.78, 5) is 13.9. The highest BCUT2D eigenvalue weighted by Crippen LogP contribution is 2.32. The van der Waals surface area contributed by atoms with Crippen molar-refractivity contribution in [1.82, 2.24) is 0 Å². The lowest BCUT2D eigenvalue weighted by molar-refractivity contribution is 0.101. The molecule has 1 aliphatic rings. The number of nitrogens with zero attached hydrogens (tertiary/aromatic N) is 1. The Bertz CT molecular complexity index is 456. The van der Waals surface area contributed by atoms with Gasteiger partial charge in [0.2, 0.25) is 0 Å². The van der Waals surface area contributed by atoms with E-state index in [2.05, 4.69) is 18.7 Å². The summed E-state index contributed by atoms with van der Waals surface area (Å²) >= 11 is 0. The molecule has 0 aliphatic carbocycles. The lowest BCUT2D eigenvalue weighted by Gasteiger charge is -2.31. The molecule has 1 saturated heterocycles. The Hall–Kier alpha value is -1.38. The van der Waals surface area contributed by atoms with Crippen LogP contribution in [0.25, 0.3) is 0 Å². The first-order valence-corrected chi connectivity index (χ1v) is 6.58. The summed E-state index contributed by atoms with van der Waals surface area (Å²) < 4.78 is 13.3. The van der Waals surface area contributed by atoms with Crippen LogP contribution in [-0.4, -0.2) is 18.4 Å². The van der Waals surface area contributed by atoms with Crippen LogP contribution in [0.1, 0.15) is 44.0 Å². The SMILES string of the molecule is CC(=O)c1cc(F)ccc1N1CCCC1C(C)C. The number of rotatable bonds is 3. The zero-order valence-corrected chi connectivity index (χ0v) is 11.2. The van der Waals surface area contributed by atoms with Crippen LogP contribution in [-0.2, 0) is 0 Å². The van der Waals surface area contributed by atoms with Gasteiger partial charge in [-0.2, -0.15) is 0 Å². The van der Waals surface area contributed by atoms with Gasteiger partial charge in [-0.1, -0.05) is 13.8 Å². The molecule has 18 heavy (non-hydrogen) atoms. The Morgan fingerprint density at radius 2 is 2.17 bits per heavy atom. The highest BCUT2D eigenvalue weighted by atomic mass is 19.1. The summed E-state index contributed by atoms with van der Waals surface area (Å²) in [5.41, 5.74) is 1.39. The van der Waals surface area contributed by atoms with Gasteiger partial charge in [0, 0.05) is 23.8 Å². The van der Waals surface area contributed by atoms with Gasteiger partial charge in [0.15, 0.2) is 5.78 Å². The highest BCUT2D eigenvalue weighted by molar-refractivity contribution is 5.99. The fraction of sp³-hybridized carbons (Fsp3) is 0.533. The molecule has 1 fully saturated rings. The van der Waals surface area contributed by atoms with E-state index in [1.807, 2.05) is 0 Å². The fourth-order valence-electron chi connectivity index (χ4n) is 2.83. The Kier molecular flexibility index (Phi) is 3.69. The van der Waals surface area contributed by atoms with Gasteiger partial charge in [-0.05, 0) is 43.9 Å². The van der Waals surface area contributed by atoms with Crippen molar-refractivity contribution in [3.05, 3.63) is 29.6 Å². The molecule has 0 amide bonds. The van der Waals surface area contributed by atoms with E-state index in [-0.39, 0.29) is 11.6 Å². The van der Waals surface area contributed by atoms with Crippen LogP contribution in [0.5, 0.6) is 0 Å².